The third-order valence-corrected chi connectivity index (χ3v) is 2.80. The lowest BCUT2D eigenvalue weighted by Crippen LogP contribution is -2.39. The van der Waals surface area contributed by atoms with Gasteiger partial charge in [-0.2, -0.15) is 0 Å². The molecule has 6 heteroatoms. The molecule has 98 valence electrons. The number of nitrogens with two attached hydrogens (primary N) is 1. The molecule has 18 heavy (non-hydrogen) atoms. The van der Waals surface area contributed by atoms with Gasteiger partial charge in [0.15, 0.2) is 0 Å². The van der Waals surface area contributed by atoms with Crippen molar-refractivity contribution in [2.45, 2.75) is 19.8 Å². The predicted octanol–water partition coefficient (Wildman–Crippen LogP) is 1.57. The molecule has 0 saturated carbocycles. The maximum absolute atomic E-state index is 12.2. The van der Waals surface area contributed by atoms with E-state index in [4.69, 9.17) is 5.73 Å². The van der Waals surface area contributed by atoms with Crippen LogP contribution in [0.15, 0.2) is 22.9 Å². The van der Waals surface area contributed by atoms with Crippen LogP contribution in [0, 0.1) is 0 Å². The molecule has 0 atom stereocenters. The number of carbonyl (C=O) groups excluding carboxylic acids is 2. The number of unbranched alkanes of at least 4 members (excludes halogenated alkanes) is 1. The van der Waals surface area contributed by atoms with Gasteiger partial charge in [0.25, 0.3) is 5.91 Å². The van der Waals surface area contributed by atoms with Gasteiger partial charge >= 0.3 is 0 Å². The van der Waals surface area contributed by atoms with E-state index in [2.05, 4.69) is 20.9 Å². The molecular formula is C12H16BrN3O2. The van der Waals surface area contributed by atoms with E-state index in [1.807, 2.05) is 6.92 Å². The molecular weight excluding hydrogens is 298 g/mol. The van der Waals surface area contributed by atoms with Crippen molar-refractivity contribution < 1.29 is 9.59 Å². The van der Waals surface area contributed by atoms with Crippen molar-refractivity contribution in [2.75, 3.05) is 13.1 Å². The summed E-state index contributed by atoms with van der Waals surface area (Å²) in [6.45, 7) is 2.48. The number of primary amides is 1. The maximum Gasteiger partial charge on any atom is 0.255 e. The summed E-state index contributed by atoms with van der Waals surface area (Å²) in [7, 11) is 0. The Morgan fingerprint density at radius 1 is 1.44 bits per heavy atom. The fraction of sp³-hybridized carbons (Fsp3) is 0.417. The number of carbonyl (C=O) groups is 2. The molecule has 0 saturated heterocycles. The summed E-state index contributed by atoms with van der Waals surface area (Å²) in [6, 6.07) is 1.68. The molecule has 0 bridgehead atoms. The third-order valence-electron chi connectivity index (χ3n) is 2.37. The van der Waals surface area contributed by atoms with Crippen LogP contribution in [0.1, 0.15) is 30.1 Å². The zero-order valence-corrected chi connectivity index (χ0v) is 11.8. The molecule has 2 amide bonds. The number of pyridine rings is 1. The Hall–Kier alpha value is -1.43. The molecule has 0 fully saturated rings. The van der Waals surface area contributed by atoms with Crippen molar-refractivity contribution in [1.29, 1.82) is 0 Å². The van der Waals surface area contributed by atoms with E-state index in [0.29, 0.717) is 12.1 Å². The quantitative estimate of drug-likeness (QED) is 0.866. The SMILES string of the molecule is CCCCN(CC(N)=O)C(=O)c1cncc(Br)c1. The molecule has 0 radical (unpaired) electrons. The largest absolute Gasteiger partial charge is 0.368 e. The van der Waals surface area contributed by atoms with Crippen LogP contribution >= 0.6 is 15.9 Å². The molecule has 1 rings (SSSR count). The Kier molecular flexibility index (Phi) is 5.77. The zero-order chi connectivity index (χ0) is 13.5. The molecule has 1 aromatic heterocycles. The molecule has 0 aliphatic heterocycles. The average molecular weight is 314 g/mol. The van der Waals surface area contributed by atoms with Crippen molar-refractivity contribution in [1.82, 2.24) is 9.88 Å². The van der Waals surface area contributed by atoms with E-state index in [1.165, 1.54) is 11.1 Å². The monoisotopic (exact) mass is 313 g/mol. The summed E-state index contributed by atoms with van der Waals surface area (Å²) in [5.74, 6) is -0.738. The van der Waals surface area contributed by atoms with Crippen molar-refractivity contribution in [3.05, 3.63) is 28.5 Å². The lowest BCUT2D eigenvalue weighted by Gasteiger charge is -2.20. The first-order chi connectivity index (χ1) is 8.54. The van der Waals surface area contributed by atoms with E-state index in [9.17, 15) is 9.59 Å². The van der Waals surface area contributed by atoms with Crippen LogP contribution in [0.5, 0.6) is 0 Å². The Balaban J connectivity index is 2.83. The van der Waals surface area contributed by atoms with E-state index in [0.717, 1.165) is 17.3 Å². The highest BCUT2D eigenvalue weighted by Gasteiger charge is 2.17. The Labute approximate surface area is 114 Å². The van der Waals surface area contributed by atoms with Crippen molar-refractivity contribution in [3.8, 4) is 0 Å². The van der Waals surface area contributed by atoms with Gasteiger partial charge < -0.3 is 10.6 Å². The molecule has 1 heterocycles. The molecule has 1 aromatic rings. The van der Waals surface area contributed by atoms with Gasteiger partial charge in [-0.05, 0) is 28.4 Å². The smallest absolute Gasteiger partial charge is 0.255 e. The predicted molar refractivity (Wildman–Crippen MR) is 71.9 cm³/mol. The van der Waals surface area contributed by atoms with Crippen LogP contribution in [-0.4, -0.2) is 34.8 Å². The summed E-state index contributed by atoms with van der Waals surface area (Å²) in [6.07, 6.45) is 4.86. The first-order valence-corrected chi connectivity index (χ1v) is 6.52. The fourth-order valence-corrected chi connectivity index (χ4v) is 1.87. The topological polar surface area (TPSA) is 76.3 Å². The summed E-state index contributed by atoms with van der Waals surface area (Å²) in [5.41, 5.74) is 5.60. The molecule has 0 aliphatic carbocycles. The van der Waals surface area contributed by atoms with Crippen molar-refractivity contribution in [2.24, 2.45) is 5.73 Å². The van der Waals surface area contributed by atoms with Gasteiger partial charge in [-0.1, -0.05) is 13.3 Å². The van der Waals surface area contributed by atoms with Crippen LogP contribution in [0.25, 0.3) is 0 Å². The lowest BCUT2D eigenvalue weighted by atomic mass is 10.2. The normalized spacial score (nSPS) is 10.1. The second-order valence-electron chi connectivity index (χ2n) is 3.94. The van der Waals surface area contributed by atoms with Crippen LogP contribution in [0.4, 0.5) is 0 Å². The Morgan fingerprint density at radius 3 is 2.72 bits per heavy atom. The molecule has 0 aromatic carbocycles. The van der Waals surface area contributed by atoms with Gasteiger partial charge in [-0.15, -0.1) is 0 Å². The third kappa shape index (κ3) is 4.44. The van der Waals surface area contributed by atoms with E-state index < -0.39 is 5.91 Å². The average Bonchev–Trinajstić information content (AvgIpc) is 2.33. The summed E-state index contributed by atoms with van der Waals surface area (Å²) in [4.78, 5) is 28.6. The van der Waals surface area contributed by atoms with E-state index >= 15 is 0 Å². The highest BCUT2D eigenvalue weighted by molar-refractivity contribution is 9.10. The standard InChI is InChI=1S/C12H16BrN3O2/c1-2-3-4-16(8-11(14)17)12(18)9-5-10(13)7-15-6-9/h5-7H,2-4,8H2,1H3,(H2,14,17). The first-order valence-electron chi connectivity index (χ1n) is 5.72. The van der Waals surface area contributed by atoms with Crippen LogP contribution in [0.2, 0.25) is 0 Å². The molecule has 0 unspecified atom stereocenters. The van der Waals surface area contributed by atoms with Crippen LogP contribution < -0.4 is 5.73 Å². The second kappa shape index (κ2) is 7.10. The highest BCUT2D eigenvalue weighted by atomic mass is 79.9. The molecule has 0 spiro atoms. The Morgan fingerprint density at radius 2 is 2.17 bits per heavy atom. The zero-order valence-electron chi connectivity index (χ0n) is 10.2. The highest BCUT2D eigenvalue weighted by Crippen LogP contribution is 2.12. The number of nitrogens with zero attached hydrogens (tertiary/aromatic N) is 2. The van der Waals surface area contributed by atoms with Gasteiger partial charge in [0.05, 0.1) is 12.1 Å². The van der Waals surface area contributed by atoms with Gasteiger partial charge in [0, 0.05) is 23.4 Å². The fourth-order valence-electron chi connectivity index (χ4n) is 1.50. The minimum absolute atomic E-state index is 0.0641. The summed E-state index contributed by atoms with van der Waals surface area (Å²) < 4.78 is 0.725. The minimum atomic E-state index is -0.512. The molecule has 2 N–H and O–H groups in total. The maximum atomic E-state index is 12.2. The van der Waals surface area contributed by atoms with Crippen molar-refractivity contribution in [3.63, 3.8) is 0 Å². The minimum Gasteiger partial charge on any atom is -0.368 e. The van der Waals surface area contributed by atoms with Crippen molar-refractivity contribution >= 4 is 27.7 Å². The van der Waals surface area contributed by atoms with Crippen LogP contribution in [-0.2, 0) is 4.79 Å². The lowest BCUT2D eigenvalue weighted by molar-refractivity contribution is -0.118. The number of aromatic nitrogens is 1. The van der Waals surface area contributed by atoms with E-state index in [1.54, 1.807) is 12.3 Å². The second-order valence-corrected chi connectivity index (χ2v) is 4.85. The number of amides is 2. The van der Waals surface area contributed by atoms with Gasteiger partial charge in [0.2, 0.25) is 5.91 Å². The van der Waals surface area contributed by atoms with Gasteiger partial charge in [-0.25, -0.2) is 0 Å². The first kappa shape index (κ1) is 14.6. The summed E-state index contributed by atoms with van der Waals surface area (Å²) in [5, 5.41) is 0. The number of hydrogen-bond donors (Lipinski definition) is 1. The Bertz CT molecular complexity index is 437. The summed E-state index contributed by atoms with van der Waals surface area (Å²) >= 11 is 3.26. The number of halogens is 1. The van der Waals surface area contributed by atoms with Gasteiger partial charge in [-0.3, -0.25) is 14.6 Å². The van der Waals surface area contributed by atoms with E-state index in [-0.39, 0.29) is 12.5 Å². The molecule has 5 nitrogen and oxygen atoms in total. The number of hydrogen-bond acceptors (Lipinski definition) is 3. The van der Waals surface area contributed by atoms with Crippen LogP contribution in [0.3, 0.4) is 0 Å². The molecule has 0 aliphatic rings. The number of rotatable bonds is 6. The van der Waals surface area contributed by atoms with Gasteiger partial charge in [0.1, 0.15) is 0 Å².